The van der Waals surface area contributed by atoms with Gasteiger partial charge in [-0.05, 0) is 0 Å². The van der Waals surface area contributed by atoms with Gasteiger partial charge in [0, 0.05) is 0 Å². The molecule has 0 heterocycles. The van der Waals surface area contributed by atoms with Gasteiger partial charge in [0.15, 0.2) is 0 Å². The quantitative estimate of drug-likeness (QED) is 0.551. The van der Waals surface area contributed by atoms with E-state index in [0.717, 1.165) is 0 Å². The van der Waals surface area contributed by atoms with Gasteiger partial charge in [-0.1, -0.05) is 0 Å². The molecule has 0 fully saturated rings. The molecule has 1 aromatic rings. The van der Waals surface area contributed by atoms with Crippen LogP contribution in [0.25, 0.3) is 0 Å². The zero-order chi connectivity index (χ0) is 13.6. The van der Waals surface area contributed by atoms with Gasteiger partial charge in [-0.15, -0.1) is 0 Å². The summed E-state index contributed by atoms with van der Waals surface area (Å²) in [7, 11) is 0. The molecule has 1 rings (SSSR count). The average molecular weight is 359 g/mol. The second-order valence-corrected chi connectivity index (χ2v) is 9.92. The molecule has 0 aliphatic heterocycles. The number of halogens is 2. The average Bonchev–Trinajstić information content (AvgIpc) is 2.30. The van der Waals surface area contributed by atoms with E-state index in [2.05, 4.69) is 0 Å². The second-order valence-electron chi connectivity index (χ2n) is 3.23. The van der Waals surface area contributed by atoms with Crippen LogP contribution < -0.4 is 4.46 Å². The van der Waals surface area contributed by atoms with E-state index in [-0.39, 0.29) is 13.2 Å². The van der Waals surface area contributed by atoms with E-state index < -0.39 is 26.0 Å². The molecule has 0 aliphatic carbocycles. The first kappa shape index (κ1) is 16.2. The Morgan fingerprint density at radius 1 is 1.17 bits per heavy atom. The predicted molar refractivity (Wildman–Crippen MR) is 74.3 cm³/mol. The molecule has 0 bridgehead atoms. The van der Waals surface area contributed by atoms with Crippen molar-refractivity contribution in [3.8, 4) is 0 Å². The summed E-state index contributed by atoms with van der Waals surface area (Å²) in [5.74, 6) is 0. The maximum absolute atomic E-state index is 14.3. The van der Waals surface area contributed by atoms with Crippen LogP contribution in [0.2, 0.25) is 0 Å². The van der Waals surface area contributed by atoms with Crippen molar-refractivity contribution in [3.63, 3.8) is 0 Å². The van der Waals surface area contributed by atoms with Gasteiger partial charge in [0.05, 0.1) is 0 Å². The van der Waals surface area contributed by atoms with E-state index in [1.165, 1.54) is 0 Å². The van der Waals surface area contributed by atoms with Gasteiger partial charge in [-0.25, -0.2) is 0 Å². The standard InChI is InChI=1S/C11H15F2O2PSSe/c1-3-14-16(17,15-4-2)11(12,13)18-10-8-6-5-7-9-10/h5-9H,3-4H2,1-2H3. The molecule has 0 N–H and O–H groups in total. The van der Waals surface area contributed by atoms with E-state index >= 15 is 0 Å². The van der Waals surface area contributed by atoms with E-state index in [1.54, 1.807) is 44.2 Å². The molecular weight excluding hydrogens is 344 g/mol. The summed E-state index contributed by atoms with van der Waals surface area (Å²) < 4.78 is 36.2. The second kappa shape index (κ2) is 7.09. The molecule has 102 valence electrons. The van der Waals surface area contributed by atoms with Crippen LogP contribution in [0.1, 0.15) is 13.8 Å². The molecule has 0 aliphatic rings. The third-order valence-electron chi connectivity index (χ3n) is 1.90. The SMILES string of the molecule is CCOP(=S)(OCC)C(F)(F)[Se]c1ccccc1. The zero-order valence-electron chi connectivity index (χ0n) is 10.1. The Kier molecular flexibility index (Phi) is 6.39. The Morgan fingerprint density at radius 3 is 2.11 bits per heavy atom. The van der Waals surface area contributed by atoms with Crippen molar-refractivity contribution < 1.29 is 17.8 Å². The van der Waals surface area contributed by atoms with Crippen LogP contribution in [0.5, 0.6) is 0 Å². The van der Waals surface area contributed by atoms with E-state index in [1.807, 2.05) is 0 Å². The van der Waals surface area contributed by atoms with Gasteiger partial charge >= 0.3 is 118 Å². The van der Waals surface area contributed by atoms with E-state index in [4.69, 9.17) is 20.9 Å². The van der Waals surface area contributed by atoms with Crippen LogP contribution in [0.15, 0.2) is 30.3 Å². The summed E-state index contributed by atoms with van der Waals surface area (Å²) in [4.78, 5) is 0. The fraction of sp³-hybridized carbons (Fsp3) is 0.455. The molecule has 0 atom stereocenters. The van der Waals surface area contributed by atoms with Gasteiger partial charge in [0.2, 0.25) is 0 Å². The van der Waals surface area contributed by atoms with Crippen LogP contribution in [0, 0.1) is 0 Å². The first-order chi connectivity index (χ1) is 8.45. The third kappa shape index (κ3) is 4.09. The molecule has 0 unspecified atom stereocenters. The molecule has 7 heteroatoms. The molecule has 2 nitrogen and oxygen atoms in total. The molecule has 0 spiro atoms. The van der Waals surface area contributed by atoms with Gasteiger partial charge in [-0.2, -0.15) is 0 Å². The molecule has 0 radical (unpaired) electrons. The van der Waals surface area contributed by atoms with Crippen LogP contribution in [-0.4, -0.2) is 32.7 Å². The molecule has 1 aromatic carbocycles. The van der Waals surface area contributed by atoms with Gasteiger partial charge in [0.25, 0.3) is 0 Å². The number of rotatable bonds is 7. The van der Waals surface area contributed by atoms with Crippen LogP contribution in [-0.2, 0) is 20.9 Å². The minimum absolute atomic E-state index is 0.137. The molecule has 18 heavy (non-hydrogen) atoms. The Balaban J connectivity index is 2.91. The molecule has 0 aromatic heterocycles. The normalized spacial score (nSPS) is 12.7. The van der Waals surface area contributed by atoms with Crippen molar-refractivity contribution >= 4 is 37.7 Å². The molecular formula is C11H15F2O2PSSe. The minimum atomic E-state index is -3.56. The van der Waals surface area contributed by atoms with Crippen molar-refractivity contribution in [2.45, 2.75) is 18.4 Å². The Morgan fingerprint density at radius 2 is 1.67 bits per heavy atom. The van der Waals surface area contributed by atoms with Crippen LogP contribution in [0.4, 0.5) is 8.78 Å². The summed E-state index contributed by atoms with van der Waals surface area (Å²) in [5.41, 5.74) is 0. The summed E-state index contributed by atoms with van der Waals surface area (Å²) in [6.07, 6.45) is 0. The Bertz CT molecular complexity index is 407. The molecule has 0 amide bonds. The van der Waals surface area contributed by atoms with Crippen molar-refractivity contribution in [1.82, 2.24) is 0 Å². The zero-order valence-corrected chi connectivity index (χ0v) is 13.6. The first-order valence-electron chi connectivity index (χ1n) is 5.46. The predicted octanol–water partition coefficient (Wildman–Crippen LogP) is 2.95. The van der Waals surface area contributed by atoms with Gasteiger partial charge in [-0.3, -0.25) is 0 Å². The fourth-order valence-electron chi connectivity index (χ4n) is 1.21. The Labute approximate surface area is 117 Å². The number of benzene rings is 1. The van der Waals surface area contributed by atoms with Gasteiger partial charge in [0.1, 0.15) is 0 Å². The molecule has 0 saturated heterocycles. The summed E-state index contributed by atoms with van der Waals surface area (Å²) in [6, 6.07) is 8.60. The van der Waals surface area contributed by atoms with Crippen molar-refractivity contribution in [2.24, 2.45) is 0 Å². The van der Waals surface area contributed by atoms with Crippen molar-refractivity contribution in [3.05, 3.63) is 30.3 Å². The number of alkyl halides is 2. The van der Waals surface area contributed by atoms with Crippen LogP contribution in [0.3, 0.4) is 0 Å². The molecule has 0 saturated carbocycles. The van der Waals surface area contributed by atoms with E-state index in [9.17, 15) is 8.78 Å². The van der Waals surface area contributed by atoms with E-state index in [0.29, 0.717) is 4.46 Å². The third-order valence-corrected chi connectivity index (χ3v) is 9.41. The summed E-state index contributed by atoms with van der Waals surface area (Å²) >= 11 is 3.88. The van der Waals surface area contributed by atoms with Gasteiger partial charge < -0.3 is 0 Å². The van der Waals surface area contributed by atoms with Crippen LogP contribution >= 0.6 is 6.49 Å². The summed E-state index contributed by atoms with van der Waals surface area (Å²) in [6.45, 7) is 0.00237. The Hall–Kier alpha value is 0.169. The van der Waals surface area contributed by atoms with Crippen molar-refractivity contribution in [1.29, 1.82) is 0 Å². The topological polar surface area (TPSA) is 18.5 Å². The maximum atomic E-state index is 14.3. The fourth-order valence-corrected chi connectivity index (χ4v) is 6.72. The van der Waals surface area contributed by atoms with Crippen molar-refractivity contribution in [2.75, 3.05) is 13.2 Å². The number of hydrogen-bond acceptors (Lipinski definition) is 3. The summed E-state index contributed by atoms with van der Waals surface area (Å²) in [5, 5.41) is 0. The first-order valence-corrected chi connectivity index (χ1v) is 9.81. The monoisotopic (exact) mass is 360 g/mol. The number of hydrogen-bond donors (Lipinski definition) is 0.